The summed E-state index contributed by atoms with van der Waals surface area (Å²) in [4.78, 5) is 4.73. The molecule has 0 amide bonds. The molecule has 0 bridgehead atoms. The molecule has 0 aliphatic carbocycles. The van der Waals surface area contributed by atoms with Crippen LogP contribution >= 0.6 is 0 Å². The lowest BCUT2D eigenvalue weighted by atomic mass is 9.95. The highest BCUT2D eigenvalue weighted by Gasteiger charge is 2.14. The molecule has 1 unspecified atom stereocenters. The van der Waals surface area contributed by atoms with Gasteiger partial charge in [-0.15, -0.1) is 0 Å². The van der Waals surface area contributed by atoms with Gasteiger partial charge < -0.3 is 5.11 Å². The standard InChI is InChI=1S/C25H21N3O/c1-16-9-11-18(12-10-16)19-13-26-25-24(14-27-28(25)15-19)23-8-4-6-21-20(17(2)29)5-3-7-22(21)23/h3-15,17,29H,1-2H3. The Balaban J connectivity index is 1.67. The first-order chi connectivity index (χ1) is 14.1. The van der Waals surface area contributed by atoms with Gasteiger partial charge in [-0.05, 0) is 41.3 Å². The van der Waals surface area contributed by atoms with E-state index in [1.54, 1.807) is 6.92 Å². The summed E-state index contributed by atoms with van der Waals surface area (Å²) in [5.74, 6) is 0. The zero-order chi connectivity index (χ0) is 20.0. The third kappa shape index (κ3) is 2.98. The fraction of sp³-hybridized carbons (Fsp3) is 0.120. The Bertz CT molecular complexity index is 1330. The van der Waals surface area contributed by atoms with Crippen LogP contribution < -0.4 is 0 Å². The minimum atomic E-state index is -0.520. The van der Waals surface area contributed by atoms with Gasteiger partial charge in [-0.25, -0.2) is 9.50 Å². The Kier molecular flexibility index (Phi) is 4.14. The fourth-order valence-electron chi connectivity index (χ4n) is 3.89. The van der Waals surface area contributed by atoms with Gasteiger partial charge in [0.2, 0.25) is 0 Å². The number of aliphatic hydroxyl groups excluding tert-OH is 1. The quantitative estimate of drug-likeness (QED) is 0.445. The maximum Gasteiger partial charge on any atom is 0.162 e. The van der Waals surface area contributed by atoms with Gasteiger partial charge in [0.25, 0.3) is 0 Å². The molecule has 5 aromatic rings. The summed E-state index contributed by atoms with van der Waals surface area (Å²) < 4.78 is 1.84. The van der Waals surface area contributed by atoms with Gasteiger partial charge in [0.15, 0.2) is 5.65 Å². The zero-order valence-corrected chi connectivity index (χ0v) is 16.4. The third-order valence-electron chi connectivity index (χ3n) is 5.44. The first kappa shape index (κ1) is 17.6. The van der Waals surface area contributed by atoms with Crippen molar-refractivity contribution in [1.29, 1.82) is 0 Å². The summed E-state index contributed by atoms with van der Waals surface area (Å²) in [6.45, 7) is 3.88. The molecule has 1 N–H and O–H groups in total. The number of aromatic nitrogens is 3. The maximum absolute atomic E-state index is 10.1. The van der Waals surface area contributed by atoms with Crippen LogP contribution in [0, 0.1) is 6.92 Å². The minimum absolute atomic E-state index is 0.520. The van der Waals surface area contributed by atoms with Crippen LogP contribution in [-0.4, -0.2) is 19.7 Å². The molecule has 2 heterocycles. The summed E-state index contributed by atoms with van der Waals surface area (Å²) in [5.41, 5.74) is 7.17. The number of fused-ring (bicyclic) bond motifs is 2. The highest BCUT2D eigenvalue weighted by molar-refractivity contribution is 6.01. The van der Waals surface area contributed by atoms with Crippen LogP contribution in [0.25, 0.3) is 38.7 Å². The topological polar surface area (TPSA) is 50.4 Å². The summed E-state index contributed by atoms with van der Waals surface area (Å²) in [6, 6.07) is 20.6. The van der Waals surface area contributed by atoms with E-state index in [2.05, 4.69) is 54.5 Å². The molecule has 0 aliphatic heterocycles. The second kappa shape index (κ2) is 6.83. The van der Waals surface area contributed by atoms with Crippen molar-refractivity contribution in [3.8, 4) is 22.3 Å². The predicted molar refractivity (Wildman–Crippen MR) is 117 cm³/mol. The molecule has 3 aromatic carbocycles. The highest BCUT2D eigenvalue weighted by Crippen LogP contribution is 2.34. The summed E-state index contributed by atoms with van der Waals surface area (Å²) in [5, 5.41) is 16.8. The Hall–Kier alpha value is -3.50. The largest absolute Gasteiger partial charge is 0.389 e. The summed E-state index contributed by atoms with van der Waals surface area (Å²) in [7, 11) is 0. The Morgan fingerprint density at radius 2 is 1.59 bits per heavy atom. The van der Waals surface area contributed by atoms with Crippen molar-refractivity contribution in [3.05, 3.63) is 90.4 Å². The Labute approximate surface area is 169 Å². The zero-order valence-electron chi connectivity index (χ0n) is 16.4. The lowest BCUT2D eigenvalue weighted by molar-refractivity contribution is 0.201. The van der Waals surface area contributed by atoms with Gasteiger partial charge in [0.05, 0.1) is 12.3 Å². The van der Waals surface area contributed by atoms with Crippen LogP contribution in [0.15, 0.2) is 79.3 Å². The minimum Gasteiger partial charge on any atom is -0.389 e. The van der Waals surface area contributed by atoms with Crippen LogP contribution in [-0.2, 0) is 0 Å². The molecule has 5 rings (SSSR count). The van der Waals surface area contributed by atoms with E-state index in [-0.39, 0.29) is 0 Å². The van der Waals surface area contributed by atoms with E-state index < -0.39 is 6.10 Å². The Morgan fingerprint density at radius 3 is 2.38 bits per heavy atom. The van der Waals surface area contributed by atoms with Gasteiger partial charge in [-0.2, -0.15) is 5.10 Å². The fourth-order valence-corrected chi connectivity index (χ4v) is 3.89. The Morgan fingerprint density at radius 1 is 0.828 bits per heavy atom. The molecule has 0 spiro atoms. The van der Waals surface area contributed by atoms with Gasteiger partial charge >= 0.3 is 0 Å². The van der Waals surface area contributed by atoms with Crippen molar-refractivity contribution in [2.24, 2.45) is 0 Å². The van der Waals surface area contributed by atoms with Crippen molar-refractivity contribution in [1.82, 2.24) is 14.6 Å². The first-order valence-electron chi connectivity index (χ1n) is 9.72. The molecular weight excluding hydrogens is 358 g/mol. The lowest BCUT2D eigenvalue weighted by Gasteiger charge is -2.12. The molecule has 0 saturated heterocycles. The van der Waals surface area contributed by atoms with Gasteiger partial charge in [0, 0.05) is 23.5 Å². The normalized spacial score (nSPS) is 12.5. The first-order valence-corrected chi connectivity index (χ1v) is 9.72. The van der Waals surface area contributed by atoms with Crippen LogP contribution in [0.5, 0.6) is 0 Å². The molecule has 0 radical (unpaired) electrons. The van der Waals surface area contributed by atoms with Crippen LogP contribution in [0.2, 0.25) is 0 Å². The number of hydrogen-bond acceptors (Lipinski definition) is 3. The van der Waals surface area contributed by atoms with E-state index in [1.165, 1.54) is 5.56 Å². The SMILES string of the molecule is Cc1ccc(-c2cnc3c(-c4cccc5c(C(C)O)cccc45)cnn3c2)cc1. The number of aliphatic hydroxyl groups is 1. The van der Waals surface area contributed by atoms with Crippen molar-refractivity contribution < 1.29 is 5.11 Å². The van der Waals surface area contributed by atoms with Crippen molar-refractivity contribution in [2.45, 2.75) is 20.0 Å². The van der Waals surface area contributed by atoms with Crippen molar-refractivity contribution in [3.63, 3.8) is 0 Å². The third-order valence-corrected chi connectivity index (χ3v) is 5.44. The second-order valence-corrected chi connectivity index (χ2v) is 7.46. The highest BCUT2D eigenvalue weighted by atomic mass is 16.3. The number of benzene rings is 3. The van der Waals surface area contributed by atoms with Crippen molar-refractivity contribution in [2.75, 3.05) is 0 Å². The van der Waals surface area contributed by atoms with Crippen molar-refractivity contribution >= 4 is 16.4 Å². The van der Waals surface area contributed by atoms with E-state index in [9.17, 15) is 5.11 Å². The van der Waals surface area contributed by atoms with Crippen LogP contribution in [0.4, 0.5) is 0 Å². The van der Waals surface area contributed by atoms with Gasteiger partial charge in [0.1, 0.15) is 0 Å². The van der Waals surface area contributed by atoms with Gasteiger partial charge in [-0.1, -0.05) is 66.2 Å². The molecule has 142 valence electrons. The second-order valence-electron chi connectivity index (χ2n) is 7.46. The number of nitrogens with zero attached hydrogens (tertiary/aromatic N) is 3. The maximum atomic E-state index is 10.1. The smallest absolute Gasteiger partial charge is 0.162 e. The summed E-state index contributed by atoms with van der Waals surface area (Å²) in [6.07, 6.45) is 5.26. The lowest BCUT2D eigenvalue weighted by Crippen LogP contribution is -1.94. The molecule has 29 heavy (non-hydrogen) atoms. The van der Waals surface area contributed by atoms with E-state index in [4.69, 9.17) is 4.98 Å². The average molecular weight is 379 g/mol. The average Bonchev–Trinajstić information content (AvgIpc) is 3.16. The van der Waals surface area contributed by atoms with Crippen LogP contribution in [0.3, 0.4) is 0 Å². The molecular formula is C25H21N3O. The summed E-state index contributed by atoms with van der Waals surface area (Å²) >= 11 is 0. The molecule has 2 aromatic heterocycles. The molecule has 4 nitrogen and oxygen atoms in total. The number of aryl methyl sites for hydroxylation is 1. The van der Waals surface area contributed by atoms with Crippen LogP contribution in [0.1, 0.15) is 24.2 Å². The van der Waals surface area contributed by atoms with Gasteiger partial charge in [-0.3, -0.25) is 0 Å². The van der Waals surface area contributed by atoms with E-state index in [0.29, 0.717) is 0 Å². The number of hydrogen-bond donors (Lipinski definition) is 1. The molecule has 0 aliphatic rings. The number of rotatable bonds is 3. The van der Waals surface area contributed by atoms with E-state index in [1.807, 2.05) is 41.3 Å². The molecule has 0 saturated carbocycles. The molecule has 4 heteroatoms. The monoisotopic (exact) mass is 379 g/mol. The van der Waals surface area contributed by atoms with E-state index >= 15 is 0 Å². The molecule has 0 fully saturated rings. The van der Waals surface area contributed by atoms with E-state index in [0.717, 1.165) is 44.2 Å². The molecule has 1 atom stereocenters. The predicted octanol–water partition coefficient (Wildman–Crippen LogP) is 5.58.